The first-order valence-electron chi connectivity index (χ1n) is 7.38. The van der Waals surface area contributed by atoms with Crippen molar-refractivity contribution < 1.29 is 9.50 Å². The van der Waals surface area contributed by atoms with Crippen LogP contribution in [0.1, 0.15) is 30.9 Å². The number of hydrogen-bond acceptors (Lipinski definition) is 3. The summed E-state index contributed by atoms with van der Waals surface area (Å²) in [5.74, 6) is -0.284. The SMILES string of the molecule is CN(C)CC1CCCN1CCC(O)c1cccc(F)c1. The van der Waals surface area contributed by atoms with Crippen LogP contribution in [-0.4, -0.2) is 54.7 Å². The van der Waals surface area contributed by atoms with Gasteiger partial charge in [-0.2, -0.15) is 0 Å². The van der Waals surface area contributed by atoms with Gasteiger partial charge in [0.05, 0.1) is 6.10 Å². The van der Waals surface area contributed by atoms with Crippen LogP contribution in [0.25, 0.3) is 0 Å². The van der Waals surface area contributed by atoms with E-state index in [0.717, 1.165) is 19.6 Å². The van der Waals surface area contributed by atoms with Crippen molar-refractivity contribution in [3.63, 3.8) is 0 Å². The predicted molar refractivity (Wildman–Crippen MR) is 79.1 cm³/mol. The third kappa shape index (κ3) is 4.27. The Morgan fingerprint density at radius 2 is 2.25 bits per heavy atom. The van der Waals surface area contributed by atoms with Gasteiger partial charge in [-0.1, -0.05) is 12.1 Å². The van der Waals surface area contributed by atoms with Crippen LogP contribution >= 0.6 is 0 Å². The van der Waals surface area contributed by atoms with E-state index in [4.69, 9.17) is 0 Å². The van der Waals surface area contributed by atoms with Gasteiger partial charge in [0.25, 0.3) is 0 Å². The van der Waals surface area contributed by atoms with Gasteiger partial charge in [-0.3, -0.25) is 4.90 Å². The smallest absolute Gasteiger partial charge is 0.123 e. The highest BCUT2D eigenvalue weighted by atomic mass is 19.1. The third-order valence-electron chi connectivity index (χ3n) is 4.00. The molecule has 0 spiro atoms. The molecule has 0 amide bonds. The van der Waals surface area contributed by atoms with Crippen molar-refractivity contribution in [1.82, 2.24) is 9.80 Å². The average Bonchev–Trinajstić information content (AvgIpc) is 2.82. The summed E-state index contributed by atoms with van der Waals surface area (Å²) in [6, 6.07) is 6.85. The minimum Gasteiger partial charge on any atom is -0.388 e. The molecule has 1 fully saturated rings. The number of likely N-dealkylation sites (N-methyl/N-ethyl adjacent to an activating group) is 1. The first kappa shape index (κ1) is 15.4. The zero-order valence-corrected chi connectivity index (χ0v) is 12.4. The van der Waals surface area contributed by atoms with Crippen LogP contribution in [0, 0.1) is 5.82 Å². The fourth-order valence-electron chi connectivity index (χ4n) is 2.99. The van der Waals surface area contributed by atoms with Crippen LogP contribution in [0.2, 0.25) is 0 Å². The minimum atomic E-state index is -0.577. The molecule has 1 saturated heterocycles. The molecular weight excluding hydrogens is 255 g/mol. The van der Waals surface area contributed by atoms with Crippen molar-refractivity contribution in [3.05, 3.63) is 35.6 Å². The standard InChI is InChI=1S/C16H25FN2O/c1-18(2)12-15-7-4-9-19(15)10-8-16(20)13-5-3-6-14(17)11-13/h3,5-6,11,15-16,20H,4,7-10,12H2,1-2H3. The number of hydrogen-bond donors (Lipinski definition) is 1. The number of aliphatic hydroxyl groups excluding tert-OH is 1. The first-order chi connectivity index (χ1) is 9.56. The zero-order valence-electron chi connectivity index (χ0n) is 12.4. The zero-order chi connectivity index (χ0) is 14.5. The topological polar surface area (TPSA) is 26.7 Å². The van der Waals surface area contributed by atoms with Crippen LogP contribution in [0.4, 0.5) is 4.39 Å². The van der Waals surface area contributed by atoms with Crippen molar-refractivity contribution in [3.8, 4) is 0 Å². The van der Waals surface area contributed by atoms with Crippen LogP contribution in [0.5, 0.6) is 0 Å². The number of nitrogens with zero attached hydrogens (tertiary/aromatic N) is 2. The predicted octanol–water partition coefficient (Wildman–Crippen LogP) is 2.28. The van der Waals surface area contributed by atoms with Crippen molar-refractivity contribution in [2.45, 2.75) is 31.4 Å². The van der Waals surface area contributed by atoms with E-state index < -0.39 is 6.10 Å². The summed E-state index contributed by atoms with van der Waals surface area (Å²) in [5, 5.41) is 10.2. The lowest BCUT2D eigenvalue weighted by molar-refractivity contribution is 0.130. The van der Waals surface area contributed by atoms with Gasteiger partial charge in [0, 0.05) is 19.1 Å². The second-order valence-electron chi connectivity index (χ2n) is 5.95. The monoisotopic (exact) mass is 280 g/mol. The molecule has 1 aliphatic heterocycles. The summed E-state index contributed by atoms with van der Waals surface area (Å²) in [4.78, 5) is 4.66. The van der Waals surface area contributed by atoms with Crippen LogP contribution < -0.4 is 0 Å². The number of benzene rings is 1. The van der Waals surface area contributed by atoms with Crippen LogP contribution in [0.3, 0.4) is 0 Å². The molecule has 0 radical (unpaired) electrons. The Bertz CT molecular complexity index is 425. The molecule has 1 aliphatic rings. The Hall–Kier alpha value is -0.970. The van der Waals surface area contributed by atoms with Gasteiger partial charge in [-0.05, 0) is 57.6 Å². The largest absolute Gasteiger partial charge is 0.388 e. The molecule has 2 rings (SSSR count). The third-order valence-corrected chi connectivity index (χ3v) is 4.00. The fourth-order valence-corrected chi connectivity index (χ4v) is 2.99. The normalized spacial score (nSPS) is 21.6. The minimum absolute atomic E-state index is 0.284. The summed E-state index contributed by atoms with van der Waals surface area (Å²) < 4.78 is 13.1. The summed E-state index contributed by atoms with van der Waals surface area (Å²) in [7, 11) is 4.19. The molecule has 4 heteroatoms. The molecule has 0 aliphatic carbocycles. The summed E-state index contributed by atoms with van der Waals surface area (Å²) >= 11 is 0. The molecular formula is C16H25FN2O. The van der Waals surface area contributed by atoms with Crippen molar-refractivity contribution in [1.29, 1.82) is 0 Å². The molecule has 1 aromatic rings. The molecule has 0 bridgehead atoms. The Balaban J connectivity index is 1.85. The van der Waals surface area contributed by atoms with E-state index in [0.29, 0.717) is 18.0 Å². The van der Waals surface area contributed by atoms with E-state index in [9.17, 15) is 9.50 Å². The van der Waals surface area contributed by atoms with Gasteiger partial charge in [0.2, 0.25) is 0 Å². The van der Waals surface area contributed by atoms with E-state index in [-0.39, 0.29) is 5.82 Å². The number of halogens is 1. The fraction of sp³-hybridized carbons (Fsp3) is 0.625. The maximum Gasteiger partial charge on any atom is 0.123 e. The quantitative estimate of drug-likeness (QED) is 0.866. The highest BCUT2D eigenvalue weighted by molar-refractivity contribution is 5.18. The van der Waals surface area contributed by atoms with Crippen LogP contribution in [0.15, 0.2) is 24.3 Å². The number of likely N-dealkylation sites (tertiary alicyclic amines) is 1. The van der Waals surface area contributed by atoms with E-state index in [1.165, 1.54) is 25.0 Å². The van der Waals surface area contributed by atoms with Crippen molar-refractivity contribution in [2.24, 2.45) is 0 Å². The summed E-state index contributed by atoms with van der Waals surface area (Å²) in [6.45, 7) is 3.04. The van der Waals surface area contributed by atoms with E-state index in [1.807, 2.05) is 0 Å². The van der Waals surface area contributed by atoms with Gasteiger partial charge < -0.3 is 10.0 Å². The summed E-state index contributed by atoms with van der Waals surface area (Å²) in [6.07, 6.45) is 2.54. The lowest BCUT2D eigenvalue weighted by Gasteiger charge is -2.27. The van der Waals surface area contributed by atoms with Crippen molar-refractivity contribution in [2.75, 3.05) is 33.7 Å². The lowest BCUT2D eigenvalue weighted by atomic mass is 10.1. The molecule has 3 nitrogen and oxygen atoms in total. The maximum absolute atomic E-state index is 13.1. The second-order valence-corrected chi connectivity index (χ2v) is 5.95. The maximum atomic E-state index is 13.1. The molecule has 20 heavy (non-hydrogen) atoms. The van der Waals surface area contributed by atoms with Gasteiger partial charge in [-0.25, -0.2) is 4.39 Å². The number of rotatable bonds is 6. The number of aliphatic hydroxyl groups is 1. The van der Waals surface area contributed by atoms with Gasteiger partial charge in [0.1, 0.15) is 5.82 Å². The highest BCUT2D eigenvalue weighted by Crippen LogP contribution is 2.22. The Kier molecular flexibility index (Phi) is 5.52. The molecule has 112 valence electrons. The van der Waals surface area contributed by atoms with Crippen LogP contribution in [-0.2, 0) is 0 Å². The Morgan fingerprint density at radius 3 is 2.95 bits per heavy atom. The Morgan fingerprint density at radius 1 is 1.45 bits per heavy atom. The molecule has 1 aromatic carbocycles. The lowest BCUT2D eigenvalue weighted by Crippen LogP contribution is -2.38. The molecule has 2 unspecified atom stereocenters. The first-order valence-corrected chi connectivity index (χ1v) is 7.38. The average molecular weight is 280 g/mol. The van der Waals surface area contributed by atoms with Gasteiger partial charge >= 0.3 is 0 Å². The molecule has 0 saturated carbocycles. The highest BCUT2D eigenvalue weighted by Gasteiger charge is 2.25. The molecule has 0 aromatic heterocycles. The molecule has 2 atom stereocenters. The molecule has 1 heterocycles. The van der Waals surface area contributed by atoms with Gasteiger partial charge in [0.15, 0.2) is 0 Å². The van der Waals surface area contributed by atoms with Gasteiger partial charge in [-0.15, -0.1) is 0 Å². The van der Waals surface area contributed by atoms with E-state index in [1.54, 1.807) is 12.1 Å². The summed E-state index contributed by atoms with van der Waals surface area (Å²) in [5.41, 5.74) is 0.674. The van der Waals surface area contributed by atoms with E-state index in [2.05, 4.69) is 23.9 Å². The Labute approximate surface area is 121 Å². The van der Waals surface area contributed by atoms with Crippen molar-refractivity contribution >= 4 is 0 Å². The van der Waals surface area contributed by atoms with E-state index >= 15 is 0 Å². The molecule has 1 N–H and O–H groups in total. The second kappa shape index (κ2) is 7.16.